The highest BCUT2D eigenvalue weighted by molar-refractivity contribution is 5.88. The molecule has 3 heteroatoms. The maximum atomic E-state index is 12.6. The largest absolute Gasteiger partial charge is 0.298 e. The Morgan fingerprint density at radius 2 is 2.07 bits per heavy atom. The number of benzene rings is 1. The van der Waals surface area contributed by atoms with Crippen LogP contribution in [0.25, 0.3) is 0 Å². The third-order valence-electron chi connectivity index (χ3n) is 2.00. The van der Waals surface area contributed by atoms with Crippen LogP contribution in [0.1, 0.15) is 24.8 Å². The Balaban J connectivity index is 2.97. The number of ketones is 1. The van der Waals surface area contributed by atoms with Crippen LogP contribution in [0.15, 0.2) is 24.3 Å². The molecule has 1 aromatic carbocycles. The molecule has 0 spiro atoms. The van der Waals surface area contributed by atoms with Gasteiger partial charge in [-0.3, -0.25) is 4.79 Å². The fourth-order valence-corrected chi connectivity index (χ4v) is 1.19. The van der Waals surface area contributed by atoms with Gasteiger partial charge in [-0.05, 0) is 17.7 Å². The van der Waals surface area contributed by atoms with Crippen molar-refractivity contribution in [3.63, 3.8) is 0 Å². The third-order valence-corrected chi connectivity index (χ3v) is 2.00. The molecule has 0 heterocycles. The van der Waals surface area contributed by atoms with Crippen molar-refractivity contribution in [2.45, 2.75) is 19.3 Å². The zero-order chi connectivity index (χ0) is 10.6. The zero-order valence-electron chi connectivity index (χ0n) is 7.83. The summed E-state index contributed by atoms with van der Waals surface area (Å²) in [5.74, 6) is -1.27. The Bertz CT molecular complexity index is 364. The molecule has 14 heavy (non-hydrogen) atoms. The molecule has 1 rings (SSSR count). The average molecular weight is 191 g/mol. The summed E-state index contributed by atoms with van der Waals surface area (Å²) < 4.78 is 12.6. The lowest BCUT2D eigenvalue weighted by Gasteiger charge is -2.05. The second-order valence-electron chi connectivity index (χ2n) is 2.93. The number of Topliss-reactive ketones (excluding diaryl/α,β-unsaturated/α-hetero) is 1. The average Bonchev–Trinajstić information content (AvgIpc) is 2.21. The van der Waals surface area contributed by atoms with Crippen molar-refractivity contribution < 1.29 is 9.18 Å². The monoisotopic (exact) mass is 191 g/mol. The molecule has 0 aliphatic carbocycles. The van der Waals surface area contributed by atoms with Crippen LogP contribution in [0.5, 0.6) is 0 Å². The summed E-state index contributed by atoms with van der Waals surface area (Å²) in [6.45, 7) is 1.70. The van der Waals surface area contributed by atoms with Gasteiger partial charge in [0.2, 0.25) is 0 Å². The van der Waals surface area contributed by atoms with Gasteiger partial charge in [0.05, 0.1) is 6.07 Å². The lowest BCUT2D eigenvalue weighted by molar-refractivity contribution is -0.119. The van der Waals surface area contributed by atoms with Crippen LogP contribution in [-0.4, -0.2) is 5.78 Å². The first-order chi connectivity index (χ1) is 6.69. The number of rotatable bonds is 3. The molecule has 0 aliphatic rings. The highest BCUT2D eigenvalue weighted by Gasteiger charge is 2.17. The first kappa shape index (κ1) is 10.4. The van der Waals surface area contributed by atoms with E-state index in [-0.39, 0.29) is 11.6 Å². The van der Waals surface area contributed by atoms with E-state index in [1.54, 1.807) is 6.92 Å². The van der Waals surface area contributed by atoms with Gasteiger partial charge in [0.25, 0.3) is 0 Å². The molecule has 0 aliphatic heterocycles. The molecule has 0 saturated carbocycles. The van der Waals surface area contributed by atoms with Gasteiger partial charge >= 0.3 is 0 Å². The van der Waals surface area contributed by atoms with E-state index in [0.29, 0.717) is 12.0 Å². The molecule has 2 nitrogen and oxygen atoms in total. The molecule has 0 bridgehead atoms. The van der Waals surface area contributed by atoms with Crippen LogP contribution >= 0.6 is 0 Å². The topological polar surface area (TPSA) is 40.9 Å². The van der Waals surface area contributed by atoms with Crippen LogP contribution in [0.4, 0.5) is 4.39 Å². The number of hydrogen-bond donors (Lipinski definition) is 0. The molecule has 0 N–H and O–H groups in total. The molecule has 72 valence electrons. The molecule has 0 fully saturated rings. The summed E-state index contributed by atoms with van der Waals surface area (Å²) in [6, 6.07) is 7.36. The van der Waals surface area contributed by atoms with E-state index in [4.69, 9.17) is 5.26 Å². The molecule has 0 aromatic heterocycles. The maximum Gasteiger partial charge on any atom is 0.154 e. The lowest BCUT2D eigenvalue weighted by atomic mass is 9.95. The highest BCUT2D eigenvalue weighted by Crippen LogP contribution is 2.17. The van der Waals surface area contributed by atoms with Crippen molar-refractivity contribution >= 4 is 5.78 Å². The summed E-state index contributed by atoms with van der Waals surface area (Å²) in [7, 11) is 0. The SMILES string of the molecule is CCC(=O)[C@H](C#N)c1ccc(F)cc1. The first-order valence-electron chi connectivity index (χ1n) is 4.36. The first-order valence-corrected chi connectivity index (χ1v) is 4.36. The summed E-state index contributed by atoms with van der Waals surface area (Å²) >= 11 is 0. The van der Waals surface area contributed by atoms with E-state index in [2.05, 4.69) is 0 Å². The predicted octanol–water partition coefficient (Wildman–Crippen LogP) is 2.41. The minimum atomic E-state index is -0.763. The van der Waals surface area contributed by atoms with Gasteiger partial charge in [-0.1, -0.05) is 19.1 Å². The predicted molar refractivity (Wildman–Crippen MR) is 50.1 cm³/mol. The second kappa shape index (κ2) is 4.52. The van der Waals surface area contributed by atoms with Gasteiger partial charge in [0.1, 0.15) is 11.7 Å². The second-order valence-corrected chi connectivity index (χ2v) is 2.93. The quantitative estimate of drug-likeness (QED) is 0.736. The van der Waals surface area contributed by atoms with Crippen molar-refractivity contribution in [3.05, 3.63) is 35.6 Å². The van der Waals surface area contributed by atoms with Crippen LogP contribution < -0.4 is 0 Å². The third kappa shape index (κ3) is 2.17. The number of carbonyl (C=O) groups is 1. The smallest absolute Gasteiger partial charge is 0.154 e. The molecular formula is C11H10FNO. The minimum absolute atomic E-state index is 0.140. The fourth-order valence-electron chi connectivity index (χ4n) is 1.19. The standard InChI is InChI=1S/C11H10FNO/c1-2-11(14)10(7-13)8-3-5-9(12)6-4-8/h3-6,10H,2H2,1H3/t10-/m1/s1. The van der Waals surface area contributed by atoms with Gasteiger partial charge in [-0.2, -0.15) is 5.26 Å². The molecule has 0 saturated heterocycles. The Morgan fingerprint density at radius 1 is 1.50 bits per heavy atom. The summed E-state index contributed by atoms with van der Waals surface area (Å²) in [6.07, 6.45) is 0.315. The number of nitriles is 1. The van der Waals surface area contributed by atoms with Crippen molar-refractivity contribution in [1.82, 2.24) is 0 Å². The molecule has 0 radical (unpaired) electrons. The van der Waals surface area contributed by atoms with Crippen LogP contribution in [0, 0.1) is 17.1 Å². The van der Waals surface area contributed by atoms with Gasteiger partial charge in [0, 0.05) is 6.42 Å². The van der Waals surface area contributed by atoms with Crippen LogP contribution in [-0.2, 0) is 4.79 Å². The van der Waals surface area contributed by atoms with E-state index in [9.17, 15) is 9.18 Å². The van der Waals surface area contributed by atoms with E-state index in [1.165, 1.54) is 24.3 Å². The van der Waals surface area contributed by atoms with E-state index in [1.807, 2.05) is 6.07 Å². The Labute approximate surface area is 82.0 Å². The van der Waals surface area contributed by atoms with Crippen molar-refractivity contribution in [1.29, 1.82) is 5.26 Å². The van der Waals surface area contributed by atoms with Gasteiger partial charge in [-0.15, -0.1) is 0 Å². The van der Waals surface area contributed by atoms with Crippen molar-refractivity contribution in [3.8, 4) is 6.07 Å². The van der Waals surface area contributed by atoms with E-state index < -0.39 is 5.92 Å². The maximum absolute atomic E-state index is 12.6. The molecule has 1 atom stereocenters. The normalized spacial score (nSPS) is 11.8. The number of nitrogens with zero attached hydrogens (tertiary/aromatic N) is 1. The zero-order valence-corrected chi connectivity index (χ0v) is 7.83. The Kier molecular flexibility index (Phi) is 3.35. The van der Waals surface area contributed by atoms with Crippen LogP contribution in [0.3, 0.4) is 0 Å². The minimum Gasteiger partial charge on any atom is -0.298 e. The molecule has 0 unspecified atom stereocenters. The van der Waals surface area contributed by atoms with Crippen molar-refractivity contribution in [2.24, 2.45) is 0 Å². The highest BCUT2D eigenvalue weighted by atomic mass is 19.1. The number of halogens is 1. The summed E-state index contributed by atoms with van der Waals surface area (Å²) in [5.41, 5.74) is 0.556. The van der Waals surface area contributed by atoms with Gasteiger partial charge in [0.15, 0.2) is 5.78 Å². The van der Waals surface area contributed by atoms with Crippen molar-refractivity contribution in [2.75, 3.05) is 0 Å². The van der Waals surface area contributed by atoms with Crippen LogP contribution in [0.2, 0.25) is 0 Å². The lowest BCUT2D eigenvalue weighted by Crippen LogP contribution is -2.09. The fraction of sp³-hybridized carbons (Fsp3) is 0.273. The Morgan fingerprint density at radius 3 is 2.50 bits per heavy atom. The molecular weight excluding hydrogens is 181 g/mol. The van der Waals surface area contributed by atoms with Gasteiger partial charge in [-0.25, -0.2) is 4.39 Å². The number of hydrogen-bond acceptors (Lipinski definition) is 2. The summed E-state index contributed by atoms with van der Waals surface area (Å²) in [5, 5.41) is 8.79. The number of carbonyl (C=O) groups excluding carboxylic acids is 1. The van der Waals surface area contributed by atoms with E-state index in [0.717, 1.165) is 0 Å². The van der Waals surface area contributed by atoms with E-state index >= 15 is 0 Å². The van der Waals surface area contributed by atoms with Gasteiger partial charge < -0.3 is 0 Å². The molecule has 1 aromatic rings. The molecule has 0 amide bonds. The summed E-state index contributed by atoms with van der Waals surface area (Å²) in [4.78, 5) is 11.3. The Hall–Kier alpha value is -1.69.